The minimum atomic E-state index is -3.50. The number of hydrogen-bond acceptors (Lipinski definition) is 4. The van der Waals surface area contributed by atoms with Crippen LogP contribution < -0.4 is 0 Å². The van der Waals surface area contributed by atoms with Crippen LogP contribution in [0.15, 0.2) is 17.3 Å². The highest BCUT2D eigenvalue weighted by Gasteiger charge is 2.33. The summed E-state index contributed by atoms with van der Waals surface area (Å²) in [5.41, 5.74) is 1.54. The Hall–Kier alpha value is -1.67. The van der Waals surface area contributed by atoms with Crippen molar-refractivity contribution in [1.82, 2.24) is 24.1 Å². The second kappa shape index (κ2) is 5.51. The fourth-order valence-corrected chi connectivity index (χ4v) is 4.72. The van der Waals surface area contributed by atoms with Crippen LogP contribution in [0.5, 0.6) is 0 Å². The third-order valence-electron chi connectivity index (χ3n) is 4.08. The third kappa shape index (κ3) is 2.68. The molecule has 22 heavy (non-hydrogen) atoms. The molecule has 120 valence electrons. The van der Waals surface area contributed by atoms with Crippen molar-refractivity contribution >= 4 is 10.0 Å². The van der Waals surface area contributed by atoms with Crippen LogP contribution in [0.1, 0.15) is 36.0 Å². The lowest BCUT2D eigenvalue weighted by Gasteiger charge is -2.30. The Morgan fingerprint density at radius 2 is 2.14 bits per heavy atom. The third-order valence-corrected chi connectivity index (χ3v) is 6.05. The van der Waals surface area contributed by atoms with Gasteiger partial charge < -0.3 is 4.98 Å². The van der Waals surface area contributed by atoms with Crippen LogP contribution in [-0.2, 0) is 17.1 Å². The number of piperidine rings is 1. The molecule has 2 aromatic heterocycles. The molecule has 1 saturated heterocycles. The van der Waals surface area contributed by atoms with Crippen molar-refractivity contribution in [2.75, 3.05) is 13.1 Å². The summed E-state index contributed by atoms with van der Waals surface area (Å²) >= 11 is 0. The first-order chi connectivity index (χ1) is 10.4. The van der Waals surface area contributed by atoms with E-state index in [1.165, 1.54) is 0 Å². The van der Waals surface area contributed by atoms with Gasteiger partial charge in [0.05, 0.1) is 5.69 Å². The zero-order valence-corrected chi connectivity index (χ0v) is 13.9. The molecule has 0 unspecified atom stereocenters. The van der Waals surface area contributed by atoms with Gasteiger partial charge in [-0.3, -0.25) is 4.68 Å². The van der Waals surface area contributed by atoms with E-state index in [1.807, 2.05) is 6.92 Å². The van der Waals surface area contributed by atoms with Gasteiger partial charge in [-0.2, -0.15) is 9.40 Å². The Labute approximate surface area is 130 Å². The Bertz CT molecular complexity index is 777. The molecule has 1 aliphatic heterocycles. The summed E-state index contributed by atoms with van der Waals surface area (Å²) in [6.45, 7) is 4.69. The summed E-state index contributed by atoms with van der Waals surface area (Å²) in [5, 5.41) is 4.15. The standard InChI is InChI=1S/C14H21N5O2S/c1-10-7-15-14(16-10)12-5-4-6-19(8-12)22(20,21)13-9-18(3)17-11(13)2/h7,9,12H,4-6,8H2,1-3H3,(H,15,16)/t12-/m1/s1. The number of imidazole rings is 1. The van der Waals surface area contributed by atoms with E-state index >= 15 is 0 Å². The van der Waals surface area contributed by atoms with E-state index in [4.69, 9.17) is 0 Å². The summed E-state index contributed by atoms with van der Waals surface area (Å²) in [4.78, 5) is 7.88. The quantitative estimate of drug-likeness (QED) is 0.923. The minimum absolute atomic E-state index is 0.120. The van der Waals surface area contributed by atoms with E-state index in [0.717, 1.165) is 24.4 Å². The maximum atomic E-state index is 12.8. The molecule has 2 aromatic rings. The molecule has 0 bridgehead atoms. The molecule has 1 aliphatic rings. The van der Waals surface area contributed by atoms with Crippen molar-refractivity contribution in [2.45, 2.75) is 37.5 Å². The van der Waals surface area contributed by atoms with Gasteiger partial charge >= 0.3 is 0 Å². The highest BCUT2D eigenvalue weighted by atomic mass is 32.2. The predicted octanol–water partition coefficient (Wildman–Crippen LogP) is 1.33. The molecule has 0 aromatic carbocycles. The molecule has 1 N–H and O–H groups in total. The normalized spacial score (nSPS) is 20.4. The van der Waals surface area contributed by atoms with Crippen molar-refractivity contribution < 1.29 is 8.42 Å². The number of aromatic nitrogens is 4. The van der Waals surface area contributed by atoms with Crippen LogP contribution in [0.4, 0.5) is 0 Å². The van der Waals surface area contributed by atoms with Crippen LogP contribution in [0.2, 0.25) is 0 Å². The van der Waals surface area contributed by atoms with E-state index in [1.54, 1.807) is 35.4 Å². The second-order valence-corrected chi connectivity index (χ2v) is 7.81. The number of rotatable bonds is 3. The van der Waals surface area contributed by atoms with Crippen LogP contribution >= 0.6 is 0 Å². The number of aromatic amines is 1. The minimum Gasteiger partial charge on any atom is -0.346 e. The Balaban J connectivity index is 1.86. The van der Waals surface area contributed by atoms with Gasteiger partial charge in [0, 0.05) is 44.1 Å². The molecule has 3 rings (SSSR count). The highest BCUT2D eigenvalue weighted by molar-refractivity contribution is 7.89. The zero-order valence-electron chi connectivity index (χ0n) is 13.1. The number of sulfonamides is 1. The molecule has 3 heterocycles. The Morgan fingerprint density at radius 3 is 2.73 bits per heavy atom. The summed E-state index contributed by atoms with van der Waals surface area (Å²) in [6.07, 6.45) is 5.15. The SMILES string of the molecule is Cc1cnc([C@@H]2CCCN(S(=O)(=O)c3cn(C)nc3C)C2)[nH]1. The smallest absolute Gasteiger partial charge is 0.246 e. The van der Waals surface area contributed by atoms with Gasteiger partial charge in [0.15, 0.2) is 0 Å². The molecule has 0 radical (unpaired) electrons. The van der Waals surface area contributed by atoms with Crippen molar-refractivity contribution in [3.8, 4) is 0 Å². The molecule has 1 atom stereocenters. The monoisotopic (exact) mass is 323 g/mol. The topological polar surface area (TPSA) is 83.9 Å². The van der Waals surface area contributed by atoms with Gasteiger partial charge in [-0.15, -0.1) is 0 Å². The lowest BCUT2D eigenvalue weighted by Crippen LogP contribution is -2.39. The Morgan fingerprint density at radius 1 is 1.36 bits per heavy atom. The molecule has 0 amide bonds. The molecular weight excluding hydrogens is 302 g/mol. The number of hydrogen-bond donors (Lipinski definition) is 1. The lowest BCUT2D eigenvalue weighted by atomic mass is 9.99. The maximum Gasteiger partial charge on any atom is 0.246 e. The van der Waals surface area contributed by atoms with Crippen LogP contribution in [0, 0.1) is 13.8 Å². The molecule has 0 aliphatic carbocycles. The molecule has 1 fully saturated rings. The van der Waals surface area contributed by atoms with Crippen molar-refractivity contribution in [3.05, 3.63) is 29.6 Å². The Kier molecular flexibility index (Phi) is 3.82. The van der Waals surface area contributed by atoms with Gasteiger partial charge in [0.1, 0.15) is 10.7 Å². The summed E-state index contributed by atoms with van der Waals surface area (Å²) in [7, 11) is -1.76. The van der Waals surface area contributed by atoms with E-state index < -0.39 is 10.0 Å². The van der Waals surface area contributed by atoms with Crippen molar-refractivity contribution in [2.24, 2.45) is 7.05 Å². The predicted molar refractivity (Wildman–Crippen MR) is 82.0 cm³/mol. The number of nitrogens with one attached hydrogen (secondary N) is 1. The number of nitrogens with zero attached hydrogens (tertiary/aromatic N) is 4. The first-order valence-electron chi connectivity index (χ1n) is 7.40. The molecule has 7 nitrogen and oxygen atoms in total. The summed E-state index contributed by atoms with van der Waals surface area (Å²) < 4.78 is 28.8. The summed E-state index contributed by atoms with van der Waals surface area (Å²) in [6, 6.07) is 0. The average molecular weight is 323 g/mol. The first kappa shape index (κ1) is 15.2. The van der Waals surface area contributed by atoms with Gasteiger partial charge in [0.25, 0.3) is 0 Å². The first-order valence-corrected chi connectivity index (χ1v) is 8.84. The van der Waals surface area contributed by atoms with E-state index in [2.05, 4.69) is 15.1 Å². The van der Waals surface area contributed by atoms with Crippen LogP contribution in [-0.4, -0.2) is 45.6 Å². The maximum absolute atomic E-state index is 12.8. The fraction of sp³-hybridized carbons (Fsp3) is 0.571. The average Bonchev–Trinajstić information content (AvgIpc) is 3.05. The van der Waals surface area contributed by atoms with Crippen LogP contribution in [0.3, 0.4) is 0 Å². The second-order valence-electron chi connectivity index (χ2n) is 5.91. The zero-order chi connectivity index (χ0) is 15.9. The fourth-order valence-electron chi connectivity index (χ4n) is 2.99. The van der Waals surface area contributed by atoms with Crippen LogP contribution in [0.25, 0.3) is 0 Å². The number of H-pyrrole nitrogens is 1. The molecule has 0 spiro atoms. The molecule has 0 saturated carbocycles. The number of aryl methyl sites for hydroxylation is 3. The van der Waals surface area contributed by atoms with E-state index in [0.29, 0.717) is 23.7 Å². The van der Waals surface area contributed by atoms with E-state index in [9.17, 15) is 8.42 Å². The molecular formula is C14H21N5O2S. The van der Waals surface area contributed by atoms with Gasteiger partial charge in [-0.1, -0.05) is 0 Å². The van der Waals surface area contributed by atoms with Gasteiger partial charge in [0.2, 0.25) is 10.0 Å². The summed E-state index contributed by atoms with van der Waals surface area (Å²) in [5.74, 6) is 0.995. The largest absolute Gasteiger partial charge is 0.346 e. The van der Waals surface area contributed by atoms with Crippen molar-refractivity contribution in [3.63, 3.8) is 0 Å². The van der Waals surface area contributed by atoms with E-state index in [-0.39, 0.29) is 5.92 Å². The van der Waals surface area contributed by atoms with Gasteiger partial charge in [-0.05, 0) is 26.7 Å². The highest BCUT2D eigenvalue weighted by Crippen LogP contribution is 2.29. The molecule has 8 heteroatoms. The van der Waals surface area contributed by atoms with Gasteiger partial charge in [-0.25, -0.2) is 13.4 Å². The van der Waals surface area contributed by atoms with Crippen molar-refractivity contribution in [1.29, 1.82) is 0 Å². The lowest BCUT2D eigenvalue weighted by molar-refractivity contribution is 0.310.